The first-order chi connectivity index (χ1) is 7.31. The lowest BCUT2D eigenvalue weighted by Crippen LogP contribution is -1.99. The lowest BCUT2D eigenvalue weighted by molar-refractivity contribution is 0.318. The van der Waals surface area contributed by atoms with Gasteiger partial charge in [-0.25, -0.2) is 4.98 Å². The molecule has 0 spiro atoms. The molecule has 15 heavy (non-hydrogen) atoms. The maximum atomic E-state index is 5.76. The number of thiophene rings is 1. The minimum Gasteiger partial charge on any atom is -0.476 e. The highest BCUT2D eigenvalue weighted by molar-refractivity contribution is 7.16. The third kappa shape index (κ3) is 2.20. The summed E-state index contributed by atoms with van der Waals surface area (Å²) in [5, 5.41) is 2.99. The van der Waals surface area contributed by atoms with Crippen molar-refractivity contribution in [2.75, 3.05) is 6.61 Å². The summed E-state index contributed by atoms with van der Waals surface area (Å²) >= 11 is 7.26. The Hall–Kier alpha value is -1.31. The van der Waals surface area contributed by atoms with Crippen LogP contribution >= 0.6 is 22.9 Å². The number of ether oxygens (including phenoxy) is 1. The number of hydrogen-bond donors (Lipinski definition) is 0. The molecular weight excluding hydrogens is 232 g/mol. The van der Waals surface area contributed by atoms with E-state index in [2.05, 4.69) is 15.9 Å². The highest BCUT2D eigenvalue weighted by Crippen LogP contribution is 2.27. The van der Waals surface area contributed by atoms with E-state index >= 15 is 0 Å². The molecule has 0 aliphatic carbocycles. The van der Waals surface area contributed by atoms with E-state index in [9.17, 15) is 0 Å². The van der Waals surface area contributed by atoms with E-state index in [-0.39, 0.29) is 5.28 Å². The normalized spacial score (nSPS) is 10.1. The first-order valence-electron chi connectivity index (χ1n) is 4.28. The first-order valence-corrected chi connectivity index (χ1v) is 5.54. The minimum atomic E-state index is 0.195. The van der Waals surface area contributed by atoms with Crippen molar-refractivity contribution in [1.82, 2.24) is 9.97 Å². The number of terminal acetylenes is 1. The van der Waals surface area contributed by atoms with E-state index in [1.54, 1.807) is 0 Å². The van der Waals surface area contributed by atoms with E-state index in [0.717, 1.165) is 10.2 Å². The van der Waals surface area contributed by atoms with E-state index in [0.29, 0.717) is 18.9 Å². The van der Waals surface area contributed by atoms with Crippen LogP contribution in [0.3, 0.4) is 0 Å². The van der Waals surface area contributed by atoms with Gasteiger partial charge in [-0.15, -0.1) is 23.7 Å². The van der Waals surface area contributed by atoms with Gasteiger partial charge >= 0.3 is 0 Å². The topological polar surface area (TPSA) is 35.0 Å². The molecule has 5 heteroatoms. The minimum absolute atomic E-state index is 0.195. The molecule has 0 radical (unpaired) electrons. The van der Waals surface area contributed by atoms with Gasteiger partial charge in [0.25, 0.3) is 0 Å². The zero-order valence-corrected chi connectivity index (χ0v) is 9.31. The van der Waals surface area contributed by atoms with Gasteiger partial charge < -0.3 is 4.74 Å². The molecule has 0 unspecified atom stereocenters. The fourth-order valence-corrected chi connectivity index (χ4v) is 2.09. The largest absolute Gasteiger partial charge is 0.476 e. The third-order valence-corrected chi connectivity index (χ3v) is 2.72. The van der Waals surface area contributed by atoms with Gasteiger partial charge in [-0.2, -0.15) is 4.98 Å². The van der Waals surface area contributed by atoms with Crippen molar-refractivity contribution < 1.29 is 4.74 Å². The summed E-state index contributed by atoms with van der Waals surface area (Å²) in [7, 11) is 0. The van der Waals surface area contributed by atoms with E-state index in [4.69, 9.17) is 22.8 Å². The molecule has 2 aromatic heterocycles. The van der Waals surface area contributed by atoms with Gasteiger partial charge in [0.15, 0.2) is 0 Å². The predicted octanol–water partition coefficient (Wildman–Crippen LogP) is 2.75. The molecule has 0 saturated carbocycles. The fraction of sp³-hybridized carbons (Fsp3) is 0.200. The number of hydrogen-bond acceptors (Lipinski definition) is 4. The van der Waals surface area contributed by atoms with Gasteiger partial charge in [0.05, 0.1) is 5.39 Å². The van der Waals surface area contributed by atoms with Gasteiger partial charge in [-0.3, -0.25) is 0 Å². The second-order valence-electron chi connectivity index (χ2n) is 2.74. The zero-order valence-electron chi connectivity index (χ0n) is 7.74. The Balaban J connectivity index is 2.32. The summed E-state index contributed by atoms with van der Waals surface area (Å²) in [5.41, 5.74) is 0. The Morgan fingerprint density at radius 3 is 3.20 bits per heavy atom. The van der Waals surface area contributed by atoms with Crippen molar-refractivity contribution in [1.29, 1.82) is 0 Å². The lowest BCUT2D eigenvalue weighted by atomic mass is 10.4. The van der Waals surface area contributed by atoms with Crippen molar-refractivity contribution in [3.05, 3.63) is 16.7 Å². The Kier molecular flexibility index (Phi) is 3.05. The average molecular weight is 239 g/mol. The SMILES string of the molecule is C#CCCOc1nc(Cl)nc2sccc12. The first kappa shape index (κ1) is 10.2. The maximum Gasteiger partial charge on any atom is 0.227 e. The number of halogens is 1. The van der Waals surface area contributed by atoms with Crippen LogP contribution in [-0.4, -0.2) is 16.6 Å². The molecule has 0 aliphatic rings. The van der Waals surface area contributed by atoms with Crippen molar-refractivity contribution >= 4 is 33.2 Å². The smallest absolute Gasteiger partial charge is 0.227 e. The van der Waals surface area contributed by atoms with Crippen LogP contribution < -0.4 is 4.74 Å². The molecule has 0 atom stereocenters. The molecule has 0 aliphatic heterocycles. The monoisotopic (exact) mass is 238 g/mol. The number of fused-ring (bicyclic) bond motifs is 1. The molecule has 0 amide bonds. The number of rotatable bonds is 3. The van der Waals surface area contributed by atoms with Gasteiger partial charge in [0.2, 0.25) is 11.2 Å². The van der Waals surface area contributed by atoms with Crippen LogP contribution in [0.1, 0.15) is 6.42 Å². The van der Waals surface area contributed by atoms with Gasteiger partial charge in [-0.1, -0.05) is 0 Å². The van der Waals surface area contributed by atoms with Crippen molar-refractivity contribution in [3.8, 4) is 18.2 Å². The molecule has 2 rings (SSSR count). The highest BCUT2D eigenvalue weighted by atomic mass is 35.5. The lowest BCUT2D eigenvalue weighted by Gasteiger charge is -2.03. The summed E-state index contributed by atoms with van der Waals surface area (Å²) in [6.07, 6.45) is 5.68. The van der Waals surface area contributed by atoms with Crippen LogP contribution in [-0.2, 0) is 0 Å². The molecule has 2 heterocycles. The van der Waals surface area contributed by atoms with Gasteiger partial charge in [0, 0.05) is 6.42 Å². The second kappa shape index (κ2) is 4.47. The van der Waals surface area contributed by atoms with Crippen LogP contribution in [0, 0.1) is 12.3 Å². The van der Waals surface area contributed by atoms with Crippen LogP contribution in [0.5, 0.6) is 5.88 Å². The molecule has 0 N–H and O–H groups in total. The Morgan fingerprint density at radius 2 is 2.40 bits per heavy atom. The van der Waals surface area contributed by atoms with Crippen LogP contribution in [0.2, 0.25) is 5.28 Å². The zero-order chi connectivity index (χ0) is 10.7. The fourth-order valence-electron chi connectivity index (χ4n) is 1.12. The van der Waals surface area contributed by atoms with Crippen molar-refractivity contribution in [3.63, 3.8) is 0 Å². The standard InChI is InChI=1S/C10H7ClN2OS/c1-2-3-5-14-8-7-4-6-15-9(7)13-10(11)12-8/h1,4,6H,3,5H2. The molecular formula is C10H7ClN2OS. The van der Waals surface area contributed by atoms with Crippen molar-refractivity contribution in [2.24, 2.45) is 0 Å². The highest BCUT2D eigenvalue weighted by Gasteiger charge is 2.08. The summed E-state index contributed by atoms with van der Waals surface area (Å²) in [5.74, 6) is 3.00. The van der Waals surface area contributed by atoms with E-state index < -0.39 is 0 Å². The molecule has 2 aromatic rings. The Labute approximate surface area is 96.1 Å². The molecule has 0 fully saturated rings. The number of nitrogens with zero attached hydrogens (tertiary/aromatic N) is 2. The maximum absolute atomic E-state index is 5.76. The average Bonchev–Trinajstić information content (AvgIpc) is 2.65. The summed E-state index contributed by atoms with van der Waals surface area (Å²) < 4.78 is 5.43. The molecule has 0 saturated heterocycles. The Morgan fingerprint density at radius 1 is 1.53 bits per heavy atom. The third-order valence-electron chi connectivity index (χ3n) is 1.75. The van der Waals surface area contributed by atoms with E-state index in [1.807, 2.05) is 11.4 Å². The second-order valence-corrected chi connectivity index (χ2v) is 3.97. The summed E-state index contributed by atoms with van der Waals surface area (Å²) in [6.45, 7) is 0.439. The molecule has 3 nitrogen and oxygen atoms in total. The van der Waals surface area contributed by atoms with Gasteiger partial charge in [-0.05, 0) is 23.0 Å². The summed E-state index contributed by atoms with van der Waals surface area (Å²) in [4.78, 5) is 8.92. The van der Waals surface area contributed by atoms with Gasteiger partial charge in [0.1, 0.15) is 11.4 Å². The molecule has 0 aromatic carbocycles. The summed E-state index contributed by atoms with van der Waals surface area (Å²) in [6, 6.07) is 1.90. The number of aromatic nitrogens is 2. The molecule has 0 bridgehead atoms. The quantitative estimate of drug-likeness (QED) is 0.469. The van der Waals surface area contributed by atoms with Crippen LogP contribution in [0.4, 0.5) is 0 Å². The van der Waals surface area contributed by atoms with Crippen LogP contribution in [0.15, 0.2) is 11.4 Å². The van der Waals surface area contributed by atoms with Crippen LogP contribution in [0.25, 0.3) is 10.2 Å². The van der Waals surface area contributed by atoms with E-state index in [1.165, 1.54) is 11.3 Å². The van der Waals surface area contributed by atoms with Crippen molar-refractivity contribution in [2.45, 2.75) is 6.42 Å². The Bertz CT molecular complexity index is 518. The molecule has 76 valence electrons. The predicted molar refractivity (Wildman–Crippen MR) is 61.4 cm³/mol.